The van der Waals surface area contributed by atoms with Gasteiger partial charge >= 0.3 is 30.5 Å². The molecule has 0 bridgehead atoms. The van der Waals surface area contributed by atoms with Crippen molar-refractivity contribution in [1.29, 1.82) is 0 Å². The summed E-state index contributed by atoms with van der Waals surface area (Å²) in [5, 5.41) is 23.8. The zero-order chi connectivity index (χ0) is 41.0. The van der Waals surface area contributed by atoms with Gasteiger partial charge in [-0.2, -0.15) is 39.5 Å². The molecule has 22 heteroatoms. The minimum absolute atomic E-state index is 0.00556. The molecule has 0 spiro atoms. The van der Waals surface area contributed by atoms with E-state index in [0.717, 1.165) is 17.7 Å². The topological polar surface area (TPSA) is 176 Å². The number of aromatic nitrogens is 3. The fourth-order valence-corrected chi connectivity index (χ4v) is 4.37. The van der Waals surface area contributed by atoms with Gasteiger partial charge in [0, 0.05) is 36.7 Å². The van der Waals surface area contributed by atoms with E-state index in [-0.39, 0.29) is 22.4 Å². The Labute approximate surface area is 309 Å². The maximum Gasteiger partial charge on any atom is 0.490 e. The van der Waals surface area contributed by atoms with Crippen molar-refractivity contribution < 1.29 is 68.8 Å². The van der Waals surface area contributed by atoms with Crippen LogP contribution in [0.4, 0.5) is 56.8 Å². The monoisotopic (exact) mass is 808 g/mol. The standard InChI is InChI=1S/C29H24ClF3N6O2.2C2HF3O2/c30-24-15-21(6-7-25(24)41-22-5-1-4-20(14-22)29(31,32)33)39-27-23-13-19(9-12-35-26(23)37-17-38-27)28(40)36-11-8-18-3-2-10-34-16-18;2*3-2(4,5)1(6)7/h1-7,10,13-17H,8-9,11-12H2,(H,36,40)(H2,35,37,38,39);2*(H,6,7). The van der Waals surface area contributed by atoms with Crippen molar-refractivity contribution in [2.45, 2.75) is 31.4 Å². The first kappa shape index (κ1) is 43.3. The van der Waals surface area contributed by atoms with E-state index in [1.165, 1.54) is 18.5 Å². The lowest BCUT2D eigenvalue weighted by molar-refractivity contribution is -0.193. The number of rotatable bonds is 8. The molecule has 294 valence electrons. The highest BCUT2D eigenvalue weighted by atomic mass is 35.5. The third-order valence-corrected chi connectivity index (χ3v) is 6.97. The molecular weight excluding hydrogens is 783 g/mol. The van der Waals surface area contributed by atoms with Crippen LogP contribution in [-0.2, 0) is 27.0 Å². The largest absolute Gasteiger partial charge is 0.490 e. The number of fused-ring (bicyclic) bond motifs is 1. The molecule has 0 radical (unpaired) electrons. The van der Waals surface area contributed by atoms with E-state index in [0.29, 0.717) is 54.4 Å². The van der Waals surface area contributed by atoms with Gasteiger partial charge in [0.05, 0.1) is 16.1 Å². The Kier molecular flexibility index (Phi) is 14.8. The number of hydrogen-bond acceptors (Lipinski definition) is 9. The number of carbonyl (C=O) groups excluding carboxylic acids is 1. The first-order chi connectivity index (χ1) is 25.6. The van der Waals surface area contributed by atoms with Crippen LogP contribution in [0.25, 0.3) is 6.08 Å². The van der Waals surface area contributed by atoms with E-state index in [1.807, 2.05) is 12.1 Å². The lowest BCUT2D eigenvalue weighted by Gasteiger charge is -2.14. The second kappa shape index (κ2) is 18.8. The zero-order valence-corrected chi connectivity index (χ0v) is 28.2. The van der Waals surface area contributed by atoms with Gasteiger partial charge in [0.2, 0.25) is 5.91 Å². The number of carboxylic acid groups (broad SMARTS) is 2. The molecule has 0 unspecified atom stereocenters. The van der Waals surface area contributed by atoms with Crippen LogP contribution in [-0.4, -0.2) is 68.5 Å². The molecule has 0 fully saturated rings. The van der Waals surface area contributed by atoms with E-state index >= 15 is 0 Å². The van der Waals surface area contributed by atoms with Gasteiger partial charge in [0.15, 0.2) is 0 Å². The number of carbonyl (C=O) groups is 3. The molecule has 5 rings (SSSR count). The van der Waals surface area contributed by atoms with Crippen LogP contribution in [0.5, 0.6) is 11.5 Å². The number of ether oxygens (including phenoxy) is 1. The molecule has 2 aromatic heterocycles. The summed E-state index contributed by atoms with van der Waals surface area (Å²) in [7, 11) is 0. The summed E-state index contributed by atoms with van der Waals surface area (Å²) in [6.07, 6.45) is -6.89. The SMILES string of the molecule is O=C(NCCc1cccnc1)C1=Cc2c(ncnc2Nc2ccc(Oc3cccc(C(F)(F)F)c3)c(Cl)c2)NCC1.O=C(O)C(F)(F)F.O=C(O)C(F)(F)F. The van der Waals surface area contributed by atoms with Crippen LogP contribution >= 0.6 is 11.6 Å². The summed E-state index contributed by atoms with van der Waals surface area (Å²) in [6, 6.07) is 13.1. The molecule has 1 aliphatic heterocycles. The molecule has 1 aliphatic rings. The predicted octanol–water partition coefficient (Wildman–Crippen LogP) is 7.90. The molecule has 0 saturated carbocycles. The van der Waals surface area contributed by atoms with Crippen molar-refractivity contribution in [3.05, 3.63) is 101 Å². The van der Waals surface area contributed by atoms with Crippen molar-refractivity contribution in [1.82, 2.24) is 20.3 Å². The highest BCUT2D eigenvalue weighted by Crippen LogP contribution is 2.36. The zero-order valence-electron chi connectivity index (χ0n) is 27.5. The number of pyridine rings is 1. The van der Waals surface area contributed by atoms with Crippen LogP contribution in [0, 0.1) is 0 Å². The molecule has 1 amide bonds. The van der Waals surface area contributed by atoms with Crippen molar-refractivity contribution in [3.8, 4) is 11.5 Å². The highest BCUT2D eigenvalue weighted by molar-refractivity contribution is 6.32. The smallest absolute Gasteiger partial charge is 0.475 e. The number of carboxylic acids is 2. The van der Waals surface area contributed by atoms with Crippen molar-refractivity contribution in [3.63, 3.8) is 0 Å². The summed E-state index contributed by atoms with van der Waals surface area (Å²) >= 11 is 6.40. The number of hydrogen-bond donors (Lipinski definition) is 5. The summed E-state index contributed by atoms with van der Waals surface area (Å²) in [5.74, 6) is -4.50. The van der Waals surface area contributed by atoms with E-state index in [4.69, 9.17) is 36.1 Å². The molecule has 12 nitrogen and oxygen atoms in total. The summed E-state index contributed by atoms with van der Waals surface area (Å²) in [4.78, 5) is 43.5. The van der Waals surface area contributed by atoms with Gasteiger partial charge in [-0.25, -0.2) is 19.6 Å². The van der Waals surface area contributed by atoms with Gasteiger partial charge in [-0.15, -0.1) is 0 Å². The molecule has 0 atom stereocenters. The Bertz CT molecular complexity index is 1970. The lowest BCUT2D eigenvalue weighted by Crippen LogP contribution is -2.27. The number of amides is 1. The number of anilines is 3. The Morgan fingerprint density at radius 1 is 0.891 bits per heavy atom. The van der Waals surface area contributed by atoms with Crippen LogP contribution in [0.15, 0.2) is 78.9 Å². The van der Waals surface area contributed by atoms with Crippen molar-refractivity contribution in [2.24, 2.45) is 0 Å². The van der Waals surface area contributed by atoms with E-state index in [9.17, 15) is 44.3 Å². The van der Waals surface area contributed by atoms with Crippen LogP contribution in [0.2, 0.25) is 5.02 Å². The van der Waals surface area contributed by atoms with E-state index in [2.05, 4.69) is 30.9 Å². The number of halogens is 10. The number of aliphatic carboxylic acids is 2. The van der Waals surface area contributed by atoms with Crippen LogP contribution in [0.3, 0.4) is 0 Å². The number of alkyl halides is 9. The van der Waals surface area contributed by atoms with Gasteiger partial charge in [-0.1, -0.05) is 23.7 Å². The second-order valence-electron chi connectivity index (χ2n) is 10.7. The van der Waals surface area contributed by atoms with Crippen LogP contribution < -0.4 is 20.7 Å². The Hall–Kier alpha value is -6.12. The molecule has 2 aromatic carbocycles. The normalized spacial score (nSPS) is 12.4. The third-order valence-electron chi connectivity index (χ3n) is 6.67. The maximum absolute atomic E-state index is 13.0. The molecule has 3 heterocycles. The van der Waals surface area contributed by atoms with Crippen LogP contribution in [0.1, 0.15) is 23.1 Å². The van der Waals surface area contributed by atoms with Gasteiger partial charge in [0.25, 0.3) is 0 Å². The number of benzene rings is 2. The van der Waals surface area contributed by atoms with Gasteiger partial charge < -0.3 is 30.9 Å². The minimum Gasteiger partial charge on any atom is -0.475 e. The van der Waals surface area contributed by atoms with Gasteiger partial charge in [-0.3, -0.25) is 9.78 Å². The second-order valence-corrected chi connectivity index (χ2v) is 11.1. The highest BCUT2D eigenvalue weighted by Gasteiger charge is 2.39. The quantitative estimate of drug-likeness (QED) is 0.109. The van der Waals surface area contributed by atoms with Crippen molar-refractivity contribution in [2.75, 3.05) is 23.7 Å². The summed E-state index contributed by atoms with van der Waals surface area (Å²) in [6.45, 7) is 0.977. The van der Waals surface area contributed by atoms with E-state index in [1.54, 1.807) is 36.7 Å². The fourth-order valence-electron chi connectivity index (χ4n) is 4.15. The maximum atomic E-state index is 13.0. The molecule has 5 N–H and O–H groups in total. The third kappa shape index (κ3) is 14.0. The molecule has 4 aromatic rings. The number of nitrogens with zero attached hydrogens (tertiary/aromatic N) is 3. The lowest BCUT2D eigenvalue weighted by atomic mass is 10.1. The predicted molar refractivity (Wildman–Crippen MR) is 178 cm³/mol. The summed E-state index contributed by atoms with van der Waals surface area (Å²) < 4.78 is 108. The van der Waals surface area contributed by atoms with Gasteiger partial charge in [0.1, 0.15) is 29.5 Å². The molecular formula is C33H26ClF9N6O6. The first-order valence-corrected chi connectivity index (χ1v) is 15.5. The Morgan fingerprint density at radius 3 is 2.15 bits per heavy atom. The summed E-state index contributed by atoms with van der Waals surface area (Å²) in [5.41, 5.74) is 1.93. The Morgan fingerprint density at radius 2 is 1.56 bits per heavy atom. The number of nitrogens with one attached hydrogen (secondary N) is 3. The van der Waals surface area contributed by atoms with Gasteiger partial charge in [-0.05, 0) is 66.9 Å². The minimum atomic E-state index is -5.08. The first-order valence-electron chi connectivity index (χ1n) is 15.1. The average molecular weight is 809 g/mol. The molecule has 0 saturated heterocycles. The van der Waals surface area contributed by atoms with Crippen molar-refractivity contribution >= 4 is 52.8 Å². The fraction of sp³-hybridized carbons (Fsp3) is 0.212. The molecule has 55 heavy (non-hydrogen) atoms. The molecule has 0 aliphatic carbocycles. The average Bonchev–Trinajstić information content (AvgIpc) is 3.33. The Balaban J connectivity index is 0.000000494. The van der Waals surface area contributed by atoms with E-state index < -0.39 is 36.0 Å².